The number of likely N-dealkylation sites (N-methyl/N-ethyl adjacent to an activating group) is 1. The molecule has 2 N–H and O–H groups in total. The van der Waals surface area contributed by atoms with Crippen LogP contribution in [0, 0.1) is 5.92 Å². The van der Waals surface area contributed by atoms with Gasteiger partial charge in [0, 0.05) is 24.5 Å². The van der Waals surface area contributed by atoms with E-state index in [2.05, 4.69) is 17.9 Å². The smallest absolute Gasteiger partial charge is 0.236 e. The number of amides is 1. The summed E-state index contributed by atoms with van der Waals surface area (Å²) in [7, 11) is 1.88. The van der Waals surface area contributed by atoms with Crippen LogP contribution in [0.2, 0.25) is 0 Å². The highest BCUT2D eigenvalue weighted by Crippen LogP contribution is 2.18. The fourth-order valence-corrected chi connectivity index (χ4v) is 3.23. The van der Waals surface area contributed by atoms with E-state index < -0.39 is 0 Å². The molecule has 0 radical (unpaired) electrons. The molecule has 2 heterocycles. The van der Waals surface area contributed by atoms with Crippen LogP contribution < -0.4 is 5.73 Å². The molecule has 2 unspecified atom stereocenters. The second kappa shape index (κ2) is 7.98. The molecule has 6 heteroatoms. The molecule has 1 amide bonds. The molecule has 0 bridgehead atoms. The van der Waals surface area contributed by atoms with Crippen molar-refractivity contribution in [1.29, 1.82) is 0 Å². The molecule has 0 spiro atoms. The van der Waals surface area contributed by atoms with Gasteiger partial charge in [-0.3, -0.25) is 9.69 Å². The van der Waals surface area contributed by atoms with Crippen LogP contribution in [0.3, 0.4) is 0 Å². The van der Waals surface area contributed by atoms with Crippen molar-refractivity contribution in [3.05, 3.63) is 22.4 Å². The molecule has 20 heavy (non-hydrogen) atoms. The first-order valence-corrected chi connectivity index (χ1v) is 7.68. The van der Waals surface area contributed by atoms with Crippen LogP contribution in [0.25, 0.3) is 0 Å². The standard InChI is InChI=1S/C14H23N3OS.ClH/c1-11(15)12-5-6-17(8-12)10-14(18)16(2)9-13-4-3-7-19-13;/h3-4,7,11-12H,5-6,8-10,15H2,1-2H3;1H. The van der Waals surface area contributed by atoms with Gasteiger partial charge in [-0.05, 0) is 37.3 Å². The number of nitrogens with two attached hydrogens (primary N) is 1. The van der Waals surface area contributed by atoms with Gasteiger partial charge in [0.2, 0.25) is 5.91 Å². The maximum absolute atomic E-state index is 12.2. The Balaban J connectivity index is 0.00000200. The van der Waals surface area contributed by atoms with Gasteiger partial charge in [-0.1, -0.05) is 6.07 Å². The van der Waals surface area contributed by atoms with Gasteiger partial charge in [-0.25, -0.2) is 0 Å². The molecule has 1 aromatic rings. The number of rotatable bonds is 5. The molecule has 0 aliphatic carbocycles. The lowest BCUT2D eigenvalue weighted by Crippen LogP contribution is -2.38. The fraction of sp³-hybridized carbons (Fsp3) is 0.643. The quantitative estimate of drug-likeness (QED) is 0.901. The van der Waals surface area contributed by atoms with E-state index in [1.54, 1.807) is 11.3 Å². The summed E-state index contributed by atoms with van der Waals surface area (Å²) in [6.45, 7) is 5.23. The predicted molar refractivity (Wildman–Crippen MR) is 86.2 cm³/mol. The summed E-state index contributed by atoms with van der Waals surface area (Å²) in [4.78, 5) is 17.4. The van der Waals surface area contributed by atoms with Crippen LogP contribution in [0.1, 0.15) is 18.2 Å². The van der Waals surface area contributed by atoms with Gasteiger partial charge < -0.3 is 10.6 Å². The van der Waals surface area contributed by atoms with E-state index in [0.717, 1.165) is 19.5 Å². The molecule has 114 valence electrons. The van der Waals surface area contributed by atoms with E-state index in [-0.39, 0.29) is 24.4 Å². The summed E-state index contributed by atoms with van der Waals surface area (Å²) in [5, 5.41) is 2.04. The lowest BCUT2D eigenvalue weighted by atomic mass is 10.0. The van der Waals surface area contributed by atoms with Crippen LogP contribution in [-0.2, 0) is 11.3 Å². The van der Waals surface area contributed by atoms with E-state index in [9.17, 15) is 4.79 Å². The summed E-state index contributed by atoms with van der Waals surface area (Å²) < 4.78 is 0. The topological polar surface area (TPSA) is 49.6 Å². The number of halogens is 1. The molecule has 2 rings (SSSR count). The first-order chi connectivity index (χ1) is 9.06. The van der Waals surface area contributed by atoms with Gasteiger partial charge >= 0.3 is 0 Å². The van der Waals surface area contributed by atoms with Crippen molar-refractivity contribution in [2.75, 3.05) is 26.7 Å². The van der Waals surface area contributed by atoms with E-state index in [1.165, 1.54) is 4.88 Å². The SMILES string of the molecule is CC(N)C1CCN(CC(=O)N(C)Cc2cccs2)C1.Cl. The maximum Gasteiger partial charge on any atom is 0.236 e. The van der Waals surface area contributed by atoms with Crippen molar-refractivity contribution in [3.63, 3.8) is 0 Å². The van der Waals surface area contributed by atoms with Gasteiger partial charge in [0.05, 0.1) is 13.1 Å². The van der Waals surface area contributed by atoms with Crippen molar-refractivity contribution < 1.29 is 4.79 Å². The van der Waals surface area contributed by atoms with E-state index in [1.807, 2.05) is 23.4 Å². The molecule has 1 aliphatic heterocycles. The number of carbonyl (C=O) groups is 1. The Kier molecular flexibility index (Phi) is 6.95. The minimum atomic E-state index is 0. The number of hydrogen-bond donors (Lipinski definition) is 1. The number of thiophene rings is 1. The molecule has 4 nitrogen and oxygen atoms in total. The van der Waals surface area contributed by atoms with Crippen LogP contribution in [0.15, 0.2) is 17.5 Å². The molecule has 0 aromatic carbocycles. The van der Waals surface area contributed by atoms with Gasteiger partial charge in [-0.15, -0.1) is 23.7 Å². The van der Waals surface area contributed by atoms with Crippen molar-refractivity contribution in [3.8, 4) is 0 Å². The number of nitrogens with zero attached hydrogens (tertiary/aromatic N) is 2. The van der Waals surface area contributed by atoms with E-state index in [0.29, 0.717) is 19.0 Å². The van der Waals surface area contributed by atoms with E-state index in [4.69, 9.17) is 5.73 Å². The summed E-state index contributed by atoms with van der Waals surface area (Å²) in [5.74, 6) is 0.731. The summed E-state index contributed by atoms with van der Waals surface area (Å²) in [6.07, 6.45) is 1.11. The summed E-state index contributed by atoms with van der Waals surface area (Å²) in [5.41, 5.74) is 5.92. The van der Waals surface area contributed by atoms with Gasteiger partial charge in [0.1, 0.15) is 0 Å². The monoisotopic (exact) mass is 317 g/mol. The van der Waals surface area contributed by atoms with E-state index >= 15 is 0 Å². The van der Waals surface area contributed by atoms with Gasteiger partial charge in [0.15, 0.2) is 0 Å². The molecular weight excluding hydrogens is 294 g/mol. The van der Waals surface area contributed by atoms with Crippen LogP contribution in [0.5, 0.6) is 0 Å². The Labute approximate surface area is 131 Å². The van der Waals surface area contributed by atoms with Crippen LogP contribution in [-0.4, -0.2) is 48.4 Å². The molecule has 1 saturated heterocycles. The van der Waals surface area contributed by atoms with Crippen molar-refractivity contribution in [1.82, 2.24) is 9.80 Å². The number of carbonyl (C=O) groups excluding carboxylic acids is 1. The minimum absolute atomic E-state index is 0. The third-order valence-electron chi connectivity index (χ3n) is 3.81. The summed E-state index contributed by atoms with van der Waals surface area (Å²) in [6, 6.07) is 4.31. The fourth-order valence-electron chi connectivity index (χ4n) is 2.47. The Morgan fingerprint density at radius 1 is 1.65 bits per heavy atom. The molecule has 1 fully saturated rings. The highest BCUT2D eigenvalue weighted by Gasteiger charge is 2.27. The molecular formula is C14H24ClN3OS. The third kappa shape index (κ3) is 4.74. The Morgan fingerprint density at radius 3 is 2.95 bits per heavy atom. The predicted octanol–water partition coefficient (Wildman–Crippen LogP) is 1.80. The zero-order valence-electron chi connectivity index (χ0n) is 12.1. The number of likely N-dealkylation sites (tertiary alicyclic amines) is 1. The van der Waals surface area contributed by atoms with Crippen molar-refractivity contribution in [2.24, 2.45) is 11.7 Å². The van der Waals surface area contributed by atoms with Crippen molar-refractivity contribution >= 4 is 29.7 Å². The lowest BCUT2D eigenvalue weighted by molar-refractivity contribution is -0.131. The average Bonchev–Trinajstić information content (AvgIpc) is 2.99. The maximum atomic E-state index is 12.2. The second-order valence-corrected chi connectivity index (χ2v) is 6.50. The van der Waals surface area contributed by atoms with Crippen molar-refractivity contribution in [2.45, 2.75) is 25.9 Å². The Morgan fingerprint density at radius 2 is 2.40 bits per heavy atom. The highest BCUT2D eigenvalue weighted by molar-refractivity contribution is 7.09. The van der Waals surface area contributed by atoms with Gasteiger partial charge in [-0.2, -0.15) is 0 Å². The van der Waals surface area contributed by atoms with Gasteiger partial charge in [0.25, 0.3) is 0 Å². The third-order valence-corrected chi connectivity index (χ3v) is 4.67. The minimum Gasteiger partial charge on any atom is -0.340 e. The Bertz CT molecular complexity index is 411. The first-order valence-electron chi connectivity index (χ1n) is 6.80. The molecule has 2 atom stereocenters. The first kappa shape index (κ1) is 17.4. The Hall–Kier alpha value is -0.620. The largest absolute Gasteiger partial charge is 0.340 e. The second-order valence-electron chi connectivity index (χ2n) is 5.47. The molecule has 1 aromatic heterocycles. The lowest BCUT2D eigenvalue weighted by Gasteiger charge is -2.21. The zero-order chi connectivity index (χ0) is 13.8. The average molecular weight is 318 g/mol. The molecule has 0 saturated carbocycles. The van der Waals surface area contributed by atoms with Crippen LogP contribution in [0.4, 0.5) is 0 Å². The zero-order valence-corrected chi connectivity index (χ0v) is 13.8. The summed E-state index contributed by atoms with van der Waals surface area (Å²) >= 11 is 1.69. The highest BCUT2D eigenvalue weighted by atomic mass is 35.5. The molecule has 1 aliphatic rings. The van der Waals surface area contributed by atoms with Crippen LogP contribution >= 0.6 is 23.7 Å². The number of hydrogen-bond acceptors (Lipinski definition) is 4. The normalized spacial score (nSPS) is 20.4.